The summed E-state index contributed by atoms with van der Waals surface area (Å²) in [5.74, 6) is -1.18. The molecule has 0 saturated carbocycles. The summed E-state index contributed by atoms with van der Waals surface area (Å²) in [5, 5.41) is 20.1. The van der Waals surface area contributed by atoms with Crippen LogP contribution < -0.4 is 0 Å². The summed E-state index contributed by atoms with van der Waals surface area (Å²) in [6.07, 6.45) is 3.20. The maximum atomic E-state index is 11.2. The first-order chi connectivity index (χ1) is 10.5. The smallest absolute Gasteiger partial charge is 0.335 e. The van der Waals surface area contributed by atoms with Crippen molar-refractivity contribution in [3.63, 3.8) is 0 Å². The number of nitrogens with zero attached hydrogens (tertiary/aromatic N) is 1. The van der Waals surface area contributed by atoms with Gasteiger partial charge in [-0.15, -0.1) is 0 Å². The summed E-state index contributed by atoms with van der Waals surface area (Å²) in [7, 11) is 0. The Labute approximate surface area is 128 Å². The van der Waals surface area contributed by atoms with Gasteiger partial charge in [0.1, 0.15) is 0 Å². The summed E-state index contributed by atoms with van der Waals surface area (Å²) in [5.41, 5.74) is 2.05. The number of hydrogen-bond donors (Lipinski definition) is 1. The molecular formula is C17H17NO4. The standard InChI is InChI=1S/C17H17NO4/c1-2-3-4-12-5-7-13(8-6-12)15-10-9-14(17(19)20)11-16(15)18(21)22/h5-11H,2-4H2,1H3,(H,19,20). The molecule has 0 aromatic heterocycles. The van der Waals surface area contributed by atoms with Crippen LogP contribution in [0.15, 0.2) is 42.5 Å². The zero-order chi connectivity index (χ0) is 16.1. The molecule has 2 aromatic rings. The molecule has 2 rings (SSSR count). The Hall–Kier alpha value is -2.69. The normalized spacial score (nSPS) is 10.4. The third-order valence-corrected chi connectivity index (χ3v) is 3.53. The molecule has 1 N–H and O–H groups in total. The lowest BCUT2D eigenvalue weighted by molar-refractivity contribution is -0.384. The molecule has 0 unspecified atom stereocenters. The van der Waals surface area contributed by atoms with Gasteiger partial charge in [0, 0.05) is 6.07 Å². The fraction of sp³-hybridized carbons (Fsp3) is 0.235. The molecule has 0 amide bonds. The van der Waals surface area contributed by atoms with E-state index in [0.29, 0.717) is 11.1 Å². The van der Waals surface area contributed by atoms with E-state index in [1.54, 1.807) is 0 Å². The molecule has 5 nitrogen and oxygen atoms in total. The number of carboxylic acid groups (broad SMARTS) is 1. The van der Waals surface area contributed by atoms with E-state index < -0.39 is 10.9 Å². The second-order valence-electron chi connectivity index (χ2n) is 5.09. The van der Waals surface area contributed by atoms with Gasteiger partial charge >= 0.3 is 5.97 Å². The molecule has 0 saturated heterocycles. The van der Waals surface area contributed by atoms with Crippen molar-refractivity contribution in [3.8, 4) is 11.1 Å². The summed E-state index contributed by atoms with van der Waals surface area (Å²) in [6.45, 7) is 2.13. The molecule has 0 spiro atoms. The van der Waals surface area contributed by atoms with Crippen molar-refractivity contribution < 1.29 is 14.8 Å². The van der Waals surface area contributed by atoms with Gasteiger partial charge in [0.05, 0.1) is 16.1 Å². The number of carbonyl (C=O) groups is 1. The molecular weight excluding hydrogens is 282 g/mol. The van der Waals surface area contributed by atoms with Crippen molar-refractivity contribution in [3.05, 3.63) is 63.7 Å². The van der Waals surface area contributed by atoms with Crippen LogP contribution in [0.1, 0.15) is 35.7 Å². The van der Waals surface area contributed by atoms with E-state index in [0.717, 1.165) is 25.3 Å². The number of aryl methyl sites for hydroxylation is 1. The highest BCUT2D eigenvalue weighted by molar-refractivity contribution is 5.90. The second kappa shape index (κ2) is 6.85. The first kappa shape index (κ1) is 15.7. The molecule has 0 atom stereocenters. The Balaban J connectivity index is 2.39. The van der Waals surface area contributed by atoms with E-state index in [9.17, 15) is 14.9 Å². The maximum absolute atomic E-state index is 11.2. The van der Waals surface area contributed by atoms with Gasteiger partial charge in [0.2, 0.25) is 0 Å². The number of benzene rings is 2. The first-order valence-corrected chi connectivity index (χ1v) is 7.14. The average Bonchev–Trinajstić information content (AvgIpc) is 2.52. The topological polar surface area (TPSA) is 80.4 Å². The highest BCUT2D eigenvalue weighted by atomic mass is 16.6. The van der Waals surface area contributed by atoms with Crippen LogP contribution in [-0.4, -0.2) is 16.0 Å². The van der Waals surface area contributed by atoms with Crippen molar-refractivity contribution >= 4 is 11.7 Å². The van der Waals surface area contributed by atoms with Crippen molar-refractivity contribution in [1.82, 2.24) is 0 Å². The lowest BCUT2D eigenvalue weighted by atomic mass is 9.99. The lowest BCUT2D eigenvalue weighted by Crippen LogP contribution is -1.99. The molecule has 5 heteroatoms. The monoisotopic (exact) mass is 299 g/mol. The Morgan fingerprint density at radius 3 is 2.41 bits per heavy atom. The summed E-state index contributed by atoms with van der Waals surface area (Å²) < 4.78 is 0. The first-order valence-electron chi connectivity index (χ1n) is 7.14. The highest BCUT2D eigenvalue weighted by Crippen LogP contribution is 2.31. The molecule has 0 radical (unpaired) electrons. The van der Waals surface area contributed by atoms with E-state index in [-0.39, 0.29) is 11.3 Å². The minimum absolute atomic E-state index is 0.0879. The Morgan fingerprint density at radius 2 is 1.86 bits per heavy atom. The number of carboxylic acids is 1. The van der Waals surface area contributed by atoms with Gasteiger partial charge in [-0.3, -0.25) is 10.1 Å². The van der Waals surface area contributed by atoms with Gasteiger partial charge in [-0.1, -0.05) is 37.6 Å². The predicted molar refractivity (Wildman–Crippen MR) is 84.1 cm³/mol. The number of aromatic carboxylic acids is 1. The van der Waals surface area contributed by atoms with E-state index in [4.69, 9.17) is 5.11 Å². The van der Waals surface area contributed by atoms with E-state index in [1.807, 2.05) is 24.3 Å². The van der Waals surface area contributed by atoms with Gasteiger partial charge in [0.25, 0.3) is 5.69 Å². The van der Waals surface area contributed by atoms with Crippen LogP contribution in [0.4, 0.5) is 5.69 Å². The number of unbranched alkanes of at least 4 members (excludes halogenated alkanes) is 1. The number of rotatable bonds is 6. The Morgan fingerprint density at radius 1 is 1.18 bits per heavy atom. The van der Waals surface area contributed by atoms with Crippen molar-refractivity contribution in [2.75, 3.05) is 0 Å². The maximum Gasteiger partial charge on any atom is 0.335 e. The van der Waals surface area contributed by atoms with E-state index in [2.05, 4.69) is 6.92 Å². The second-order valence-corrected chi connectivity index (χ2v) is 5.09. The van der Waals surface area contributed by atoms with E-state index in [1.165, 1.54) is 17.7 Å². The van der Waals surface area contributed by atoms with Gasteiger partial charge in [0.15, 0.2) is 0 Å². The largest absolute Gasteiger partial charge is 0.478 e. The van der Waals surface area contributed by atoms with Crippen LogP contribution in [-0.2, 0) is 6.42 Å². The number of hydrogen-bond acceptors (Lipinski definition) is 3. The van der Waals surface area contributed by atoms with Gasteiger partial charge < -0.3 is 5.11 Å². The zero-order valence-corrected chi connectivity index (χ0v) is 12.3. The summed E-state index contributed by atoms with van der Waals surface area (Å²) >= 11 is 0. The number of nitro benzene ring substituents is 1. The van der Waals surface area contributed by atoms with Crippen LogP contribution in [0.25, 0.3) is 11.1 Å². The van der Waals surface area contributed by atoms with Gasteiger partial charge in [-0.25, -0.2) is 4.79 Å². The highest BCUT2D eigenvalue weighted by Gasteiger charge is 2.18. The van der Waals surface area contributed by atoms with Gasteiger partial charge in [-0.05, 0) is 36.1 Å². The molecule has 114 valence electrons. The molecule has 0 fully saturated rings. The van der Waals surface area contributed by atoms with Crippen LogP contribution in [0.2, 0.25) is 0 Å². The number of nitro groups is 1. The molecule has 0 aliphatic heterocycles. The summed E-state index contributed by atoms with van der Waals surface area (Å²) in [6, 6.07) is 11.6. The van der Waals surface area contributed by atoms with Crippen molar-refractivity contribution in [2.24, 2.45) is 0 Å². The average molecular weight is 299 g/mol. The Kier molecular flexibility index (Phi) is 4.88. The fourth-order valence-electron chi connectivity index (χ4n) is 2.29. The quantitative estimate of drug-likeness (QED) is 0.637. The molecule has 0 bridgehead atoms. The minimum Gasteiger partial charge on any atom is -0.478 e. The molecule has 0 aliphatic rings. The summed E-state index contributed by atoms with van der Waals surface area (Å²) in [4.78, 5) is 21.6. The predicted octanol–water partition coefficient (Wildman–Crippen LogP) is 4.30. The van der Waals surface area contributed by atoms with Crippen LogP contribution >= 0.6 is 0 Å². The molecule has 0 heterocycles. The molecule has 0 aliphatic carbocycles. The SMILES string of the molecule is CCCCc1ccc(-c2ccc(C(=O)O)cc2[N+](=O)[O-])cc1. The van der Waals surface area contributed by atoms with Crippen molar-refractivity contribution in [1.29, 1.82) is 0 Å². The zero-order valence-electron chi connectivity index (χ0n) is 12.3. The van der Waals surface area contributed by atoms with Crippen LogP contribution in [0.5, 0.6) is 0 Å². The van der Waals surface area contributed by atoms with Crippen LogP contribution in [0, 0.1) is 10.1 Å². The van der Waals surface area contributed by atoms with Crippen LogP contribution in [0.3, 0.4) is 0 Å². The molecule has 2 aromatic carbocycles. The van der Waals surface area contributed by atoms with Crippen molar-refractivity contribution in [2.45, 2.75) is 26.2 Å². The Bertz CT molecular complexity index is 692. The fourth-order valence-corrected chi connectivity index (χ4v) is 2.29. The van der Waals surface area contributed by atoms with E-state index >= 15 is 0 Å². The third kappa shape index (κ3) is 3.49. The van der Waals surface area contributed by atoms with Gasteiger partial charge in [-0.2, -0.15) is 0 Å². The third-order valence-electron chi connectivity index (χ3n) is 3.53. The lowest BCUT2D eigenvalue weighted by Gasteiger charge is -2.06. The minimum atomic E-state index is -1.18. The molecule has 22 heavy (non-hydrogen) atoms.